The van der Waals surface area contributed by atoms with Crippen LogP contribution in [0.15, 0.2) is 5.38 Å². The third-order valence-corrected chi connectivity index (χ3v) is 4.69. The summed E-state index contributed by atoms with van der Waals surface area (Å²) < 4.78 is 0. The lowest BCUT2D eigenvalue weighted by Crippen LogP contribution is -2.54. The van der Waals surface area contributed by atoms with Gasteiger partial charge >= 0.3 is 0 Å². The Balaban J connectivity index is 1.89. The Morgan fingerprint density at radius 1 is 1.59 bits per heavy atom. The van der Waals surface area contributed by atoms with Crippen molar-refractivity contribution in [2.75, 3.05) is 31.5 Å². The molecule has 2 N–H and O–H groups in total. The molecule has 124 valence electrons. The molecule has 2 rings (SSSR count). The monoisotopic (exact) mass is 326 g/mol. The van der Waals surface area contributed by atoms with Crippen LogP contribution >= 0.6 is 11.3 Å². The van der Waals surface area contributed by atoms with Gasteiger partial charge in [-0.25, -0.2) is 4.98 Å². The number of rotatable bonds is 6. The van der Waals surface area contributed by atoms with Crippen LogP contribution in [-0.4, -0.2) is 64.1 Å². The molecule has 1 saturated heterocycles. The number of hydrogen-bond donors (Lipinski definition) is 2. The summed E-state index contributed by atoms with van der Waals surface area (Å²) in [4.78, 5) is 20.3. The van der Waals surface area contributed by atoms with Crippen molar-refractivity contribution < 1.29 is 9.90 Å². The molecule has 0 aliphatic carbocycles. The fourth-order valence-corrected chi connectivity index (χ4v) is 3.63. The van der Waals surface area contributed by atoms with E-state index in [1.165, 1.54) is 18.3 Å². The van der Waals surface area contributed by atoms with Gasteiger partial charge in [-0.1, -0.05) is 6.92 Å². The molecule has 1 aromatic rings. The minimum atomic E-state index is -0.278. The van der Waals surface area contributed by atoms with Gasteiger partial charge in [0.05, 0.1) is 11.8 Å². The minimum absolute atomic E-state index is 0.0846. The van der Waals surface area contributed by atoms with E-state index in [-0.39, 0.29) is 12.0 Å². The second-order valence-electron chi connectivity index (χ2n) is 5.97. The Bertz CT molecular complexity index is 492. The molecule has 0 saturated carbocycles. The number of aromatic nitrogens is 1. The summed E-state index contributed by atoms with van der Waals surface area (Å²) in [6.45, 7) is 10.1. The van der Waals surface area contributed by atoms with E-state index in [1.54, 1.807) is 0 Å². The highest BCUT2D eigenvalue weighted by molar-refractivity contribution is 7.13. The number of nitrogens with zero attached hydrogens (tertiary/aromatic N) is 3. The van der Waals surface area contributed by atoms with E-state index in [2.05, 4.69) is 27.0 Å². The zero-order chi connectivity index (χ0) is 16.1. The smallest absolute Gasteiger partial charge is 0.223 e. The number of anilines is 1. The number of amides is 1. The topological polar surface area (TPSA) is 68.7 Å². The Morgan fingerprint density at radius 2 is 2.36 bits per heavy atom. The van der Waals surface area contributed by atoms with E-state index >= 15 is 0 Å². The maximum absolute atomic E-state index is 11.0. The normalized spacial score (nSPS) is 21.7. The summed E-state index contributed by atoms with van der Waals surface area (Å²) in [6.07, 6.45) is 0.802. The molecule has 0 radical (unpaired) electrons. The zero-order valence-electron chi connectivity index (χ0n) is 13.6. The lowest BCUT2D eigenvalue weighted by Gasteiger charge is -2.41. The van der Waals surface area contributed by atoms with Gasteiger partial charge < -0.3 is 10.4 Å². The van der Waals surface area contributed by atoms with Crippen LogP contribution < -0.4 is 5.32 Å². The highest BCUT2D eigenvalue weighted by Crippen LogP contribution is 2.19. The van der Waals surface area contributed by atoms with Crippen LogP contribution in [0, 0.1) is 0 Å². The lowest BCUT2D eigenvalue weighted by molar-refractivity contribution is -0.114. The largest absolute Gasteiger partial charge is 0.392 e. The number of hydrogen-bond acceptors (Lipinski definition) is 6. The first-order valence-electron chi connectivity index (χ1n) is 7.84. The summed E-state index contributed by atoms with van der Waals surface area (Å²) >= 11 is 1.47. The summed E-state index contributed by atoms with van der Waals surface area (Å²) in [7, 11) is 0. The van der Waals surface area contributed by atoms with E-state index in [0.717, 1.165) is 44.8 Å². The van der Waals surface area contributed by atoms with Crippen molar-refractivity contribution in [3.05, 3.63) is 11.1 Å². The second kappa shape index (κ2) is 8.01. The average molecular weight is 326 g/mol. The predicted molar refractivity (Wildman–Crippen MR) is 89.0 cm³/mol. The number of β-amino-alcohol motifs (C(OH)–C–C–N with tert-alkyl or cyclic N) is 1. The number of piperazine rings is 1. The summed E-state index contributed by atoms with van der Waals surface area (Å²) in [5, 5.41) is 15.0. The van der Waals surface area contributed by atoms with Gasteiger partial charge in [0.25, 0.3) is 0 Å². The predicted octanol–water partition coefficient (Wildman–Crippen LogP) is 1.38. The number of carbonyl (C=O) groups excluding carboxylic acids is 1. The third kappa shape index (κ3) is 5.01. The van der Waals surface area contributed by atoms with Crippen LogP contribution in [-0.2, 0) is 11.3 Å². The Hall–Kier alpha value is -1.02. The van der Waals surface area contributed by atoms with Crippen molar-refractivity contribution in [1.82, 2.24) is 14.8 Å². The van der Waals surface area contributed by atoms with Crippen molar-refractivity contribution >= 4 is 22.4 Å². The zero-order valence-corrected chi connectivity index (χ0v) is 14.4. The van der Waals surface area contributed by atoms with Crippen molar-refractivity contribution in [3.8, 4) is 0 Å². The molecule has 7 heteroatoms. The van der Waals surface area contributed by atoms with E-state index < -0.39 is 0 Å². The number of aliphatic hydroxyl groups excluding tert-OH is 1. The number of nitrogens with one attached hydrogen (secondary N) is 1. The minimum Gasteiger partial charge on any atom is -0.392 e. The molecule has 2 heterocycles. The fourth-order valence-electron chi connectivity index (χ4n) is 2.88. The SMILES string of the molecule is CC[C@@H]1CN(Cc2csc(NC(C)=O)n2)CCN1C[C@@H](C)O. The second-order valence-corrected chi connectivity index (χ2v) is 6.82. The van der Waals surface area contributed by atoms with Crippen LogP contribution in [0.5, 0.6) is 0 Å². The van der Waals surface area contributed by atoms with Crippen LogP contribution in [0.1, 0.15) is 32.9 Å². The van der Waals surface area contributed by atoms with Crippen molar-refractivity contribution in [1.29, 1.82) is 0 Å². The first kappa shape index (κ1) is 17.3. The van der Waals surface area contributed by atoms with Crippen LogP contribution in [0.2, 0.25) is 0 Å². The molecule has 2 atom stereocenters. The van der Waals surface area contributed by atoms with Crippen LogP contribution in [0.3, 0.4) is 0 Å². The van der Waals surface area contributed by atoms with Crippen LogP contribution in [0.25, 0.3) is 0 Å². The van der Waals surface area contributed by atoms with Crippen molar-refractivity contribution in [3.63, 3.8) is 0 Å². The average Bonchev–Trinajstić information content (AvgIpc) is 2.86. The molecule has 6 nitrogen and oxygen atoms in total. The van der Waals surface area contributed by atoms with Gasteiger partial charge in [-0.05, 0) is 13.3 Å². The van der Waals surface area contributed by atoms with Gasteiger partial charge in [0.15, 0.2) is 5.13 Å². The summed E-state index contributed by atoms with van der Waals surface area (Å²) in [5.74, 6) is -0.0846. The lowest BCUT2D eigenvalue weighted by atomic mass is 10.1. The number of carbonyl (C=O) groups is 1. The number of aliphatic hydroxyl groups is 1. The van der Waals surface area contributed by atoms with E-state index in [0.29, 0.717) is 11.2 Å². The summed E-state index contributed by atoms with van der Waals surface area (Å²) in [6, 6.07) is 0.483. The Labute approximate surface area is 136 Å². The first-order chi connectivity index (χ1) is 10.5. The van der Waals surface area contributed by atoms with Crippen molar-refractivity contribution in [2.45, 2.75) is 45.9 Å². The third-order valence-electron chi connectivity index (χ3n) is 3.88. The molecular weight excluding hydrogens is 300 g/mol. The Kier molecular flexibility index (Phi) is 6.31. The fraction of sp³-hybridized carbons (Fsp3) is 0.733. The van der Waals surface area contributed by atoms with Crippen LogP contribution in [0.4, 0.5) is 5.13 Å². The molecular formula is C15H26N4O2S. The number of thiazole rings is 1. The van der Waals surface area contributed by atoms with Gasteiger partial charge in [-0.2, -0.15) is 0 Å². The van der Waals surface area contributed by atoms with Gasteiger partial charge in [0.1, 0.15) is 0 Å². The van der Waals surface area contributed by atoms with Gasteiger partial charge in [0.2, 0.25) is 5.91 Å². The molecule has 1 aliphatic rings. The highest BCUT2D eigenvalue weighted by Gasteiger charge is 2.26. The molecule has 1 aromatic heterocycles. The highest BCUT2D eigenvalue weighted by atomic mass is 32.1. The summed E-state index contributed by atoms with van der Waals surface area (Å²) in [5.41, 5.74) is 1.01. The molecule has 1 fully saturated rings. The molecule has 1 aliphatic heterocycles. The van der Waals surface area contributed by atoms with E-state index in [4.69, 9.17) is 0 Å². The van der Waals surface area contributed by atoms with E-state index in [1.807, 2.05) is 12.3 Å². The van der Waals surface area contributed by atoms with Gasteiger partial charge in [-0.3, -0.25) is 14.6 Å². The molecule has 1 amide bonds. The quantitative estimate of drug-likeness (QED) is 0.826. The maximum Gasteiger partial charge on any atom is 0.223 e. The van der Waals surface area contributed by atoms with E-state index in [9.17, 15) is 9.90 Å². The first-order valence-corrected chi connectivity index (χ1v) is 8.72. The van der Waals surface area contributed by atoms with Gasteiger partial charge in [-0.15, -0.1) is 11.3 Å². The molecule has 0 aromatic carbocycles. The molecule has 0 spiro atoms. The van der Waals surface area contributed by atoms with Gasteiger partial charge in [0, 0.05) is 51.1 Å². The molecule has 22 heavy (non-hydrogen) atoms. The Morgan fingerprint density at radius 3 is 3.00 bits per heavy atom. The maximum atomic E-state index is 11.0. The molecule has 0 bridgehead atoms. The van der Waals surface area contributed by atoms with Crippen molar-refractivity contribution in [2.24, 2.45) is 0 Å². The standard InChI is InChI=1S/C15H26N4O2S/c1-4-14-9-18(5-6-19(14)7-11(2)20)8-13-10-22-15(17-13)16-12(3)21/h10-11,14,20H,4-9H2,1-3H3,(H,16,17,21)/t11-,14-/m1/s1. The molecule has 0 unspecified atom stereocenters.